The predicted octanol–water partition coefficient (Wildman–Crippen LogP) is 14.4. The van der Waals surface area contributed by atoms with E-state index < -0.39 is 0 Å². The summed E-state index contributed by atoms with van der Waals surface area (Å²) < 4.78 is 0. The Bertz CT molecular complexity index is 3310. The molecular weight excluding hydrogens is 681 g/mol. The van der Waals surface area contributed by atoms with Crippen LogP contribution in [-0.2, 0) is 0 Å². The van der Waals surface area contributed by atoms with E-state index in [1.54, 1.807) is 0 Å². The van der Waals surface area contributed by atoms with Crippen LogP contribution in [0.1, 0.15) is 20.7 Å². The zero-order valence-electron chi connectivity index (χ0n) is 30.1. The Morgan fingerprint density at radius 3 is 0.786 bits per heavy atom. The van der Waals surface area contributed by atoms with E-state index in [0.29, 0.717) is 11.1 Å². The van der Waals surface area contributed by atoms with Gasteiger partial charge in [-0.05, 0) is 120 Å². The third kappa shape index (κ3) is 4.16. The predicted molar refractivity (Wildman–Crippen MR) is 236 cm³/mol. The Kier molecular flexibility index (Phi) is 6.38. The molecule has 258 valence electrons. The molecule has 12 aromatic carbocycles. The summed E-state index contributed by atoms with van der Waals surface area (Å²) in [4.78, 5) is 22.7. The first-order valence-electron chi connectivity index (χ1n) is 19.1. The average Bonchev–Trinajstić information content (AvgIpc) is 3.27. The number of hydrogen-bond donors (Lipinski definition) is 0. The molecule has 0 atom stereocenters. The first-order valence-corrected chi connectivity index (χ1v) is 19.1. The Labute approximate surface area is 321 Å². The molecule has 0 N–H and O–H groups in total. The van der Waals surface area contributed by atoms with Crippen molar-refractivity contribution in [2.45, 2.75) is 0 Å². The molecule has 2 heteroatoms. The van der Waals surface area contributed by atoms with Crippen LogP contribution in [0.25, 0.3) is 120 Å². The number of carbonyl (C=O) groups is 2. The van der Waals surface area contributed by atoms with Gasteiger partial charge >= 0.3 is 0 Å². The van der Waals surface area contributed by atoms with Gasteiger partial charge in [0.05, 0.1) is 0 Å². The van der Waals surface area contributed by atoms with E-state index in [9.17, 15) is 9.59 Å². The van der Waals surface area contributed by atoms with E-state index in [2.05, 4.69) is 121 Å². The molecule has 2 nitrogen and oxygen atoms in total. The maximum atomic E-state index is 11.4. The monoisotopic (exact) mass is 710 g/mol. The van der Waals surface area contributed by atoms with Crippen molar-refractivity contribution in [3.05, 3.63) is 181 Å². The second kappa shape index (κ2) is 11.5. The zero-order chi connectivity index (χ0) is 37.1. The van der Waals surface area contributed by atoms with Gasteiger partial charge in [0.15, 0.2) is 0 Å². The van der Waals surface area contributed by atoms with Crippen molar-refractivity contribution in [3.8, 4) is 33.4 Å². The molecule has 0 radical (unpaired) electrons. The molecule has 56 heavy (non-hydrogen) atoms. The quantitative estimate of drug-likeness (QED) is 0.101. The summed E-state index contributed by atoms with van der Waals surface area (Å²) in [5, 5.41) is 20.1. The highest BCUT2D eigenvalue weighted by molar-refractivity contribution is 6.38. The Morgan fingerprint density at radius 1 is 0.232 bits per heavy atom. The second-order valence-corrected chi connectivity index (χ2v) is 15.0. The maximum absolute atomic E-state index is 11.4. The molecule has 0 spiro atoms. The van der Waals surface area contributed by atoms with E-state index in [0.717, 1.165) is 23.7 Å². The van der Waals surface area contributed by atoms with Gasteiger partial charge in [0.25, 0.3) is 0 Å². The van der Waals surface area contributed by atoms with Gasteiger partial charge in [-0.25, -0.2) is 0 Å². The lowest BCUT2D eigenvalue weighted by molar-refractivity contribution is 0.111. The molecule has 12 rings (SSSR count). The summed E-state index contributed by atoms with van der Waals surface area (Å²) in [6, 6.07) is 61.0. The molecule has 0 aliphatic heterocycles. The van der Waals surface area contributed by atoms with Crippen molar-refractivity contribution in [1.82, 2.24) is 0 Å². The number of rotatable bonds is 5. The number of aldehydes is 2. The van der Waals surface area contributed by atoms with Crippen LogP contribution < -0.4 is 0 Å². The van der Waals surface area contributed by atoms with Crippen LogP contribution in [0.15, 0.2) is 170 Å². The highest BCUT2D eigenvalue weighted by atomic mass is 16.1. The topological polar surface area (TPSA) is 34.1 Å². The summed E-state index contributed by atoms with van der Waals surface area (Å²) in [7, 11) is 0. The zero-order valence-corrected chi connectivity index (χ0v) is 30.1. The average molecular weight is 711 g/mol. The highest BCUT2D eigenvalue weighted by Crippen LogP contribution is 2.48. The largest absolute Gasteiger partial charge is 0.298 e. The van der Waals surface area contributed by atoms with Crippen LogP contribution in [0.4, 0.5) is 0 Å². The normalized spacial score (nSPS) is 12.1. The molecule has 0 heterocycles. The van der Waals surface area contributed by atoms with Gasteiger partial charge in [-0.3, -0.25) is 9.59 Å². The lowest BCUT2D eigenvalue weighted by Crippen LogP contribution is -1.92. The van der Waals surface area contributed by atoms with E-state index in [4.69, 9.17) is 0 Å². The fourth-order valence-electron chi connectivity index (χ4n) is 9.88. The van der Waals surface area contributed by atoms with Crippen LogP contribution >= 0.6 is 0 Å². The summed E-state index contributed by atoms with van der Waals surface area (Å²) in [6.07, 6.45) is 1.79. The number of fused-ring (bicyclic) bond motifs is 4. The standard InChI is InChI=1S/C54H30O2/c55-29-31-13-17-33(18-14-31)35-21-25-47-45-11-3-7-41-37(23-27-49(53(41)45)43-9-1-5-39(35)51(43)47)38-24-28-50-44-10-2-6-40-36(34-19-15-32(30-56)16-20-34)22-26-48(52(40)44)46-12-4-8-42(38)54(46)50/h1-30H. The SMILES string of the molecule is O=Cc1ccc(-c2ccc3c4cccc5c(-c6ccc7c8cccc9c(-c%10ccc(C=O)cc%10)ccc(c%10cccc6c%107)c98)ccc(c6cccc2c36)c54)cc1. The third-order valence-electron chi connectivity index (χ3n) is 12.3. The molecule has 0 aromatic heterocycles. The van der Waals surface area contributed by atoms with Gasteiger partial charge in [-0.2, -0.15) is 0 Å². The van der Waals surface area contributed by atoms with Gasteiger partial charge in [0.2, 0.25) is 0 Å². The molecule has 0 saturated heterocycles. The Hall–Kier alpha value is -7.42. The van der Waals surface area contributed by atoms with Crippen molar-refractivity contribution in [1.29, 1.82) is 0 Å². The van der Waals surface area contributed by atoms with Crippen molar-refractivity contribution in [3.63, 3.8) is 0 Å². The van der Waals surface area contributed by atoms with Crippen molar-refractivity contribution < 1.29 is 9.59 Å². The van der Waals surface area contributed by atoms with Crippen LogP contribution in [-0.4, -0.2) is 12.6 Å². The summed E-state index contributed by atoms with van der Waals surface area (Å²) >= 11 is 0. The van der Waals surface area contributed by atoms with Gasteiger partial charge in [0, 0.05) is 11.1 Å². The fraction of sp³-hybridized carbons (Fsp3) is 0. The molecular formula is C54H30O2. The van der Waals surface area contributed by atoms with Crippen molar-refractivity contribution in [2.75, 3.05) is 0 Å². The van der Waals surface area contributed by atoms with E-state index in [1.807, 2.05) is 48.5 Å². The lowest BCUT2D eigenvalue weighted by Gasteiger charge is -2.20. The minimum Gasteiger partial charge on any atom is -0.298 e. The number of carbonyl (C=O) groups excluding carboxylic acids is 2. The summed E-state index contributed by atoms with van der Waals surface area (Å²) in [6.45, 7) is 0. The van der Waals surface area contributed by atoms with Gasteiger partial charge in [-0.1, -0.05) is 170 Å². The lowest BCUT2D eigenvalue weighted by atomic mass is 9.83. The maximum Gasteiger partial charge on any atom is 0.150 e. The van der Waals surface area contributed by atoms with E-state index in [-0.39, 0.29) is 0 Å². The molecule has 12 aromatic rings. The Morgan fingerprint density at radius 2 is 0.482 bits per heavy atom. The van der Waals surface area contributed by atoms with Crippen LogP contribution in [0, 0.1) is 0 Å². The van der Waals surface area contributed by atoms with Gasteiger partial charge in [0.1, 0.15) is 12.6 Å². The minimum atomic E-state index is 0.680. The van der Waals surface area contributed by atoms with Gasteiger partial charge < -0.3 is 0 Å². The van der Waals surface area contributed by atoms with Crippen LogP contribution in [0.5, 0.6) is 0 Å². The smallest absolute Gasteiger partial charge is 0.150 e. The first-order chi connectivity index (χ1) is 27.7. The first kappa shape index (κ1) is 31.0. The molecule has 0 bridgehead atoms. The molecule has 0 saturated carbocycles. The molecule has 0 amide bonds. The summed E-state index contributed by atoms with van der Waals surface area (Å²) in [5.41, 5.74) is 8.36. The van der Waals surface area contributed by atoms with Gasteiger partial charge in [-0.15, -0.1) is 0 Å². The fourth-order valence-corrected chi connectivity index (χ4v) is 9.88. The molecule has 0 fully saturated rings. The van der Waals surface area contributed by atoms with E-state index in [1.165, 1.54) is 108 Å². The highest BCUT2D eigenvalue weighted by Gasteiger charge is 2.21. The van der Waals surface area contributed by atoms with E-state index >= 15 is 0 Å². The summed E-state index contributed by atoms with van der Waals surface area (Å²) in [5.74, 6) is 0. The van der Waals surface area contributed by atoms with Crippen LogP contribution in [0.2, 0.25) is 0 Å². The van der Waals surface area contributed by atoms with Crippen molar-refractivity contribution in [2.24, 2.45) is 0 Å². The molecule has 0 aliphatic rings. The minimum absolute atomic E-state index is 0.680. The van der Waals surface area contributed by atoms with Crippen molar-refractivity contribution >= 4 is 98.8 Å². The third-order valence-corrected chi connectivity index (χ3v) is 12.3. The molecule has 0 aliphatic carbocycles. The molecule has 0 unspecified atom stereocenters. The second-order valence-electron chi connectivity index (χ2n) is 15.0. The number of hydrogen-bond acceptors (Lipinski definition) is 2. The van der Waals surface area contributed by atoms with Crippen LogP contribution in [0.3, 0.4) is 0 Å². The number of benzene rings is 12. The Balaban J connectivity index is 1.10.